The number of fused-ring (bicyclic) bond motifs is 1. The van der Waals surface area contributed by atoms with Gasteiger partial charge in [0.25, 0.3) is 0 Å². The van der Waals surface area contributed by atoms with Crippen molar-refractivity contribution in [3.05, 3.63) is 41.5 Å². The van der Waals surface area contributed by atoms with E-state index in [9.17, 15) is 8.78 Å². The maximum Gasteiger partial charge on any atom is 0.495 e. The lowest BCUT2D eigenvalue weighted by atomic mass is 9.75. The third kappa shape index (κ3) is 4.57. The molecule has 1 aromatic heterocycles. The van der Waals surface area contributed by atoms with Crippen LogP contribution in [0.2, 0.25) is 0 Å². The Morgan fingerprint density at radius 1 is 1.09 bits per heavy atom. The maximum absolute atomic E-state index is 13.1. The molecule has 35 heavy (non-hydrogen) atoms. The highest BCUT2D eigenvalue weighted by atomic mass is 19.3. The van der Waals surface area contributed by atoms with Gasteiger partial charge in [0.2, 0.25) is 5.89 Å². The van der Waals surface area contributed by atoms with Gasteiger partial charge in [0.1, 0.15) is 11.3 Å². The third-order valence-corrected chi connectivity index (χ3v) is 7.49. The molecule has 2 fully saturated rings. The Balaban J connectivity index is 1.51. The van der Waals surface area contributed by atoms with Crippen LogP contribution in [-0.2, 0) is 15.9 Å². The lowest BCUT2D eigenvalue weighted by molar-refractivity contribution is -0.0506. The van der Waals surface area contributed by atoms with Crippen LogP contribution in [0.5, 0.6) is 5.75 Å². The summed E-state index contributed by atoms with van der Waals surface area (Å²) in [7, 11) is -0.512. The molecule has 0 amide bonds. The summed E-state index contributed by atoms with van der Waals surface area (Å²) in [5, 5.41) is 0. The van der Waals surface area contributed by atoms with Crippen LogP contribution in [0.3, 0.4) is 0 Å². The minimum atomic E-state index is -2.91. The van der Waals surface area contributed by atoms with Crippen LogP contribution < -0.4 is 10.2 Å². The molecule has 0 N–H and O–H groups in total. The quantitative estimate of drug-likeness (QED) is 0.443. The summed E-state index contributed by atoms with van der Waals surface area (Å²) in [4.78, 5) is 6.95. The van der Waals surface area contributed by atoms with Crippen molar-refractivity contribution in [1.29, 1.82) is 0 Å². The van der Waals surface area contributed by atoms with Crippen molar-refractivity contribution in [2.24, 2.45) is 0 Å². The highest BCUT2D eigenvalue weighted by Gasteiger charge is 2.52. The number of likely N-dealkylation sites (tertiary alicyclic amines) is 1. The van der Waals surface area contributed by atoms with Gasteiger partial charge in [-0.25, -0.2) is 4.98 Å². The van der Waals surface area contributed by atoms with Crippen molar-refractivity contribution < 1.29 is 27.2 Å². The normalized spacial score (nSPS) is 19.8. The fraction of sp³-hybridized carbons (Fsp3) is 0.500. The van der Waals surface area contributed by atoms with Crippen LogP contribution in [0.25, 0.3) is 22.6 Å². The summed E-state index contributed by atoms with van der Waals surface area (Å²) in [6.07, 6.45) is 2.22. The first-order chi connectivity index (χ1) is 16.5. The number of aromatic nitrogens is 1. The monoisotopic (exact) mass is 484 g/mol. The zero-order valence-electron chi connectivity index (χ0n) is 20.9. The molecular formula is C26H31BF2N2O4. The van der Waals surface area contributed by atoms with Gasteiger partial charge in [-0.2, -0.15) is 8.78 Å². The zero-order valence-corrected chi connectivity index (χ0v) is 20.9. The number of halogens is 2. The first kappa shape index (κ1) is 24.2. The minimum absolute atomic E-state index is 0.129. The molecule has 2 saturated heterocycles. The lowest BCUT2D eigenvalue weighted by Crippen LogP contribution is -2.41. The molecule has 0 bridgehead atoms. The van der Waals surface area contributed by atoms with Gasteiger partial charge >= 0.3 is 13.7 Å². The second kappa shape index (κ2) is 8.87. The first-order valence-corrected chi connectivity index (χ1v) is 12.1. The molecule has 0 atom stereocenters. The Morgan fingerprint density at radius 3 is 2.43 bits per heavy atom. The van der Waals surface area contributed by atoms with E-state index in [2.05, 4.69) is 4.90 Å². The van der Waals surface area contributed by atoms with Crippen molar-refractivity contribution in [2.45, 2.75) is 71.8 Å². The average Bonchev–Trinajstić information content (AvgIpc) is 3.46. The van der Waals surface area contributed by atoms with Gasteiger partial charge < -0.3 is 18.5 Å². The Hall–Kier alpha value is -2.49. The Bertz CT molecular complexity index is 1220. The summed E-state index contributed by atoms with van der Waals surface area (Å²) in [5.41, 5.74) is 3.42. The van der Waals surface area contributed by atoms with Crippen molar-refractivity contribution in [3.8, 4) is 17.2 Å². The summed E-state index contributed by atoms with van der Waals surface area (Å²) < 4.78 is 49.7. The second-order valence-electron chi connectivity index (χ2n) is 10.4. The maximum atomic E-state index is 13.1. The molecule has 186 valence electrons. The molecule has 3 heterocycles. The van der Waals surface area contributed by atoms with E-state index >= 15 is 0 Å². The number of hydrogen-bond donors (Lipinski definition) is 0. The minimum Gasteiger partial charge on any atom is -0.436 e. The molecule has 2 aliphatic heterocycles. The van der Waals surface area contributed by atoms with Gasteiger partial charge in [-0.15, -0.1) is 0 Å². The third-order valence-electron chi connectivity index (χ3n) is 7.49. The highest BCUT2D eigenvalue weighted by molar-refractivity contribution is 6.62. The zero-order chi connectivity index (χ0) is 25.0. The van der Waals surface area contributed by atoms with Crippen LogP contribution in [-0.4, -0.2) is 47.9 Å². The van der Waals surface area contributed by atoms with Crippen molar-refractivity contribution >= 4 is 23.7 Å². The number of nitrogens with zero attached hydrogens (tertiary/aromatic N) is 2. The Labute approximate surface area is 204 Å². The molecule has 0 aliphatic carbocycles. The molecule has 0 unspecified atom stereocenters. The molecule has 2 aliphatic rings. The van der Waals surface area contributed by atoms with E-state index in [-0.39, 0.29) is 5.75 Å². The van der Waals surface area contributed by atoms with Crippen LogP contribution in [0.1, 0.15) is 51.7 Å². The Kier molecular flexibility index (Phi) is 6.14. The summed E-state index contributed by atoms with van der Waals surface area (Å²) in [5.74, 6) is 0.543. The van der Waals surface area contributed by atoms with Crippen molar-refractivity contribution in [3.63, 3.8) is 0 Å². The standard InChI is InChI=1S/C26H31BF2N2O4/c1-16-18(9-8-10-19(16)27-34-25(2,3)26(4,5)35-27)23-30-20-13-17(15-31-11-6-7-12-31)21(33-24(28)29)14-22(20)32-23/h8-10,13-14,24H,6-7,11-12,15H2,1-5H3. The van der Waals surface area contributed by atoms with Crippen LogP contribution in [0, 0.1) is 6.92 Å². The van der Waals surface area contributed by atoms with Gasteiger partial charge in [-0.3, -0.25) is 4.90 Å². The largest absolute Gasteiger partial charge is 0.495 e. The smallest absolute Gasteiger partial charge is 0.436 e. The van der Waals surface area contributed by atoms with Gasteiger partial charge in [-0.1, -0.05) is 12.1 Å². The predicted molar refractivity (Wildman–Crippen MR) is 131 cm³/mol. The van der Waals surface area contributed by atoms with Crippen molar-refractivity contribution in [2.75, 3.05) is 13.1 Å². The van der Waals surface area contributed by atoms with Crippen LogP contribution >= 0.6 is 0 Å². The Morgan fingerprint density at radius 2 is 1.77 bits per heavy atom. The molecule has 9 heteroatoms. The van der Waals surface area contributed by atoms with Crippen molar-refractivity contribution in [1.82, 2.24) is 9.88 Å². The number of ether oxygens (including phenoxy) is 1. The van der Waals surface area contributed by atoms with Gasteiger partial charge in [0, 0.05) is 23.7 Å². The molecule has 6 nitrogen and oxygen atoms in total. The molecule has 0 spiro atoms. The molecule has 5 rings (SSSR count). The number of alkyl halides is 2. The van der Waals surface area contributed by atoms with Crippen LogP contribution in [0.15, 0.2) is 34.7 Å². The predicted octanol–water partition coefficient (Wildman–Crippen LogP) is 5.30. The number of hydrogen-bond acceptors (Lipinski definition) is 6. The van der Waals surface area contributed by atoms with E-state index in [4.69, 9.17) is 23.4 Å². The summed E-state index contributed by atoms with van der Waals surface area (Å²) >= 11 is 0. The van der Waals surface area contributed by atoms with Gasteiger partial charge in [-0.05, 0) is 83.7 Å². The molecule has 0 saturated carbocycles. The summed E-state index contributed by atoms with van der Waals surface area (Å²) in [6.45, 7) is 9.58. The fourth-order valence-electron chi connectivity index (χ4n) is 4.74. The number of oxazole rings is 1. The lowest BCUT2D eigenvalue weighted by Gasteiger charge is -2.32. The van der Waals surface area contributed by atoms with Gasteiger partial charge in [0.15, 0.2) is 5.58 Å². The molecule has 0 radical (unpaired) electrons. The van der Waals surface area contributed by atoms with E-state index in [0.717, 1.165) is 42.5 Å². The highest BCUT2D eigenvalue weighted by Crippen LogP contribution is 2.38. The topological polar surface area (TPSA) is 57.0 Å². The van der Waals surface area contributed by atoms with E-state index < -0.39 is 24.9 Å². The SMILES string of the molecule is Cc1c(B2OC(C)(C)C(C)(C)O2)cccc1-c1nc2cc(CN3CCCC3)c(OC(F)F)cc2o1. The van der Waals surface area contributed by atoms with Crippen LogP contribution in [0.4, 0.5) is 8.78 Å². The van der Waals surface area contributed by atoms with Gasteiger partial charge in [0.05, 0.1) is 11.2 Å². The van der Waals surface area contributed by atoms with E-state index in [1.54, 1.807) is 6.07 Å². The van der Waals surface area contributed by atoms with E-state index in [1.165, 1.54) is 6.07 Å². The first-order valence-electron chi connectivity index (χ1n) is 12.1. The fourth-order valence-corrected chi connectivity index (χ4v) is 4.74. The molecular weight excluding hydrogens is 453 g/mol. The van der Waals surface area contributed by atoms with E-state index in [1.807, 2.05) is 52.8 Å². The second-order valence-corrected chi connectivity index (χ2v) is 10.4. The molecule has 2 aromatic carbocycles. The van der Waals surface area contributed by atoms with E-state index in [0.29, 0.717) is 29.1 Å². The average molecular weight is 484 g/mol. The molecule has 3 aromatic rings. The number of benzene rings is 2. The number of rotatable bonds is 6. The summed E-state index contributed by atoms with van der Waals surface area (Å²) in [6, 6.07) is 9.15.